The lowest BCUT2D eigenvalue weighted by Crippen LogP contribution is -2.30. The number of hydrogen-bond donors (Lipinski definition) is 1. The van der Waals surface area contributed by atoms with Gasteiger partial charge in [-0.25, -0.2) is 4.79 Å². The quantitative estimate of drug-likeness (QED) is 0.548. The second kappa shape index (κ2) is 9.80. The van der Waals surface area contributed by atoms with Gasteiger partial charge in [0.2, 0.25) is 0 Å². The van der Waals surface area contributed by atoms with Crippen molar-refractivity contribution in [2.45, 2.75) is 19.6 Å². The number of amides is 1. The molecule has 0 spiro atoms. The molecule has 6 nitrogen and oxygen atoms in total. The fourth-order valence-electron chi connectivity index (χ4n) is 2.54. The Labute approximate surface area is 173 Å². The Kier molecular flexibility index (Phi) is 6.92. The van der Waals surface area contributed by atoms with Crippen LogP contribution in [0, 0.1) is 0 Å². The van der Waals surface area contributed by atoms with Crippen molar-refractivity contribution in [2.24, 2.45) is 0 Å². The Morgan fingerprint density at radius 1 is 1.07 bits per heavy atom. The highest BCUT2D eigenvalue weighted by Gasteiger charge is 2.14. The van der Waals surface area contributed by atoms with Crippen LogP contribution in [-0.2, 0) is 16.1 Å². The first-order valence-corrected chi connectivity index (χ1v) is 9.36. The Morgan fingerprint density at radius 3 is 2.45 bits per heavy atom. The Morgan fingerprint density at radius 2 is 1.79 bits per heavy atom. The summed E-state index contributed by atoms with van der Waals surface area (Å²) < 4.78 is 15.9. The molecular weight excluding hydrogens is 394 g/mol. The van der Waals surface area contributed by atoms with Gasteiger partial charge in [0.1, 0.15) is 18.1 Å². The van der Waals surface area contributed by atoms with Crippen molar-refractivity contribution in [3.63, 3.8) is 0 Å². The first-order chi connectivity index (χ1) is 14.0. The summed E-state index contributed by atoms with van der Waals surface area (Å²) in [6.45, 7) is 1.76. The van der Waals surface area contributed by atoms with Gasteiger partial charge in [0.25, 0.3) is 5.91 Å². The van der Waals surface area contributed by atoms with E-state index in [0.29, 0.717) is 28.7 Å². The van der Waals surface area contributed by atoms with Crippen molar-refractivity contribution in [3.8, 4) is 5.75 Å². The van der Waals surface area contributed by atoms with Crippen LogP contribution < -0.4 is 10.1 Å². The summed E-state index contributed by atoms with van der Waals surface area (Å²) in [5, 5.41) is 3.34. The summed E-state index contributed by atoms with van der Waals surface area (Å²) in [5.74, 6) is 0.347. The first-order valence-electron chi connectivity index (χ1n) is 8.98. The van der Waals surface area contributed by atoms with Gasteiger partial charge in [-0.1, -0.05) is 23.7 Å². The molecule has 1 aromatic heterocycles. The smallest absolute Gasteiger partial charge is 0.338 e. The Bertz CT molecular complexity index is 936. The largest absolute Gasteiger partial charge is 0.489 e. The SMILES string of the molecule is C[C@H](NC(=O)COC(=O)c1ccc(COc2ccc(Cl)cc2)cc1)c1ccco1. The van der Waals surface area contributed by atoms with E-state index in [9.17, 15) is 9.59 Å². The normalized spacial score (nSPS) is 11.5. The van der Waals surface area contributed by atoms with Gasteiger partial charge in [-0.15, -0.1) is 0 Å². The first kappa shape index (κ1) is 20.5. The zero-order chi connectivity index (χ0) is 20.6. The number of hydrogen-bond acceptors (Lipinski definition) is 5. The van der Waals surface area contributed by atoms with E-state index in [1.807, 2.05) is 0 Å². The molecule has 150 valence electrons. The van der Waals surface area contributed by atoms with Crippen LogP contribution in [0.1, 0.15) is 34.6 Å². The summed E-state index contributed by atoms with van der Waals surface area (Å²) in [4.78, 5) is 24.0. The van der Waals surface area contributed by atoms with Crippen molar-refractivity contribution in [1.29, 1.82) is 0 Å². The molecule has 1 N–H and O–H groups in total. The number of carbonyl (C=O) groups excluding carboxylic acids is 2. The number of furan rings is 1. The highest BCUT2D eigenvalue weighted by atomic mass is 35.5. The number of halogens is 1. The van der Waals surface area contributed by atoms with Crippen LogP contribution in [0.15, 0.2) is 71.3 Å². The second-order valence-corrected chi connectivity index (χ2v) is 6.76. The maximum absolute atomic E-state index is 12.1. The number of carbonyl (C=O) groups is 2. The molecular formula is C22H20ClNO5. The molecule has 0 bridgehead atoms. The summed E-state index contributed by atoms with van der Waals surface area (Å²) in [6, 6.07) is 17.1. The zero-order valence-corrected chi connectivity index (χ0v) is 16.5. The molecule has 0 aliphatic heterocycles. The molecule has 3 rings (SSSR count). The van der Waals surface area contributed by atoms with Gasteiger partial charge in [-0.05, 0) is 61.0 Å². The maximum atomic E-state index is 12.1. The van der Waals surface area contributed by atoms with E-state index in [1.165, 1.54) is 6.26 Å². The molecule has 0 saturated heterocycles. The predicted molar refractivity (Wildman–Crippen MR) is 108 cm³/mol. The lowest BCUT2D eigenvalue weighted by Gasteiger charge is -2.11. The highest BCUT2D eigenvalue weighted by molar-refractivity contribution is 6.30. The van der Waals surface area contributed by atoms with Crippen molar-refractivity contribution >= 4 is 23.5 Å². The second-order valence-electron chi connectivity index (χ2n) is 6.32. The average molecular weight is 414 g/mol. The lowest BCUT2D eigenvalue weighted by molar-refractivity contribution is -0.125. The predicted octanol–water partition coefficient (Wildman–Crippen LogP) is 4.55. The van der Waals surface area contributed by atoms with Crippen LogP contribution in [0.2, 0.25) is 5.02 Å². The summed E-state index contributed by atoms with van der Waals surface area (Å²) in [6.07, 6.45) is 1.53. The number of nitrogens with one attached hydrogen (secondary N) is 1. The topological polar surface area (TPSA) is 77.8 Å². The van der Waals surface area contributed by atoms with E-state index < -0.39 is 11.9 Å². The van der Waals surface area contributed by atoms with E-state index in [4.69, 9.17) is 25.5 Å². The van der Waals surface area contributed by atoms with Gasteiger partial charge >= 0.3 is 5.97 Å². The minimum atomic E-state index is -0.573. The van der Waals surface area contributed by atoms with E-state index in [2.05, 4.69) is 5.32 Å². The molecule has 1 heterocycles. The van der Waals surface area contributed by atoms with Crippen molar-refractivity contribution in [1.82, 2.24) is 5.32 Å². The van der Waals surface area contributed by atoms with Crippen molar-refractivity contribution in [2.75, 3.05) is 6.61 Å². The molecule has 0 unspecified atom stereocenters. The molecule has 0 radical (unpaired) electrons. The minimum absolute atomic E-state index is 0.309. The Hall–Kier alpha value is -3.25. The molecule has 0 aliphatic carbocycles. The van der Waals surface area contributed by atoms with Gasteiger partial charge in [-0.3, -0.25) is 4.79 Å². The van der Waals surface area contributed by atoms with Crippen LogP contribution >= 0.6 is 11.6 Å². The molecule has 0 fully saturated rings. The third-order valence-electron chi connectivity index (χ3n) is 4.09. The summed E-state index contributed by atoms with van der Waals surface area (Å²) in [5.41, 5.74) is 1.24. The number of rotatable bonds is 8. The lowest BCUT2D eigenvalue weighted by atomic mass is 10.1. The summed E-state index contributed by atoms with van der Waals surface area (Å²) in [7, 11) is 0. The summed E-state index contributed by atoms with van der Waals surface area (Å²) >= 11 is 5.84. The van der Waals surface area contributed by atoms with E-state index in [-0.39, 0.29) is 12.6 Å². The zero-order valence-electron chi connectivity index (χ0n) is 15.8. The molecule has 29 heavy (non-hydrogen) atoms. The molecule has 0 aliphatic rings. The molecule has 0 saturated carbocycles. The number of esters is 1. The average Bonchev–Trinajstić information content (AvgIpc) is 3.27. The third kappa shape index (κ3) is 6.12. The van der Waals surface area contributed by atoms with Gasteiger partial charge in [0.15, 0.2) is 6.61 Å². The minimum Gasteiger partial charge on any atom is -0.489 e. The number of benzene rings is 2. The fraction of sp³-hybridized carbons (Fsp3) is 0.182. The molecule has 7 heteroatoms. The van der Waals surface area contributed by atoms with Gasteiger partial charge < -0.3 is 19.2 Å². The van der Waals surface area contributed by atoms with E-state index >= 15 is 0 Å². The molecule has 3 aromatic rings. The van der Waals surface area contributed by atoms with E-state index in [1.54, 1.807) is 67.6 Å². The van der Waals surface area contributed by atoms with Gasteiger partial charge in [-0.2, -0.15) is 0 Å². The fourth-order valence-corrected chi connectivity index (χ4v) is 2.67. The van der Waals surface area contributed by atoms with Crippen LogP contribution in [0.5, 0.6) is 5.75 Å². The van der Waals surface area contributed by atoms with Gasteiger partial charge in [0, 0.05) is 5.02 Å². The van der Waals surface area contributed by atoms with E-state index in [0.717, 1.165) is 5.56 Å². The van der Waals surface area contributed by atoms with Crippen LogP contribution in [-0.4, -0.2) is 18.5 Å². The Balaban J connectivity index is 1.44. The van der Waals surface area contributed by atoms with Crippen LogP contribution in [0.4, 0.5) is 0 Å². The molecule has 2 aromatic carbocycles. The van der Waals surface area contributed by atoms with Crippen molar-refractivity contribution in [3.05, 3.63) is 88.8 Å². The number of ether oxygens (including phenoxy) is 2. The monoisotopic (exact) mass is 413 g/mol. The maximum Gasteiger partial charge on any atom is 0.338 e. The third-order valence-corrected chi connectivity index (χ3v) is 4.34. The van der Waals surface area contributed by atoms with Gasteiger partial charge in [0.05, 0.1) is 17.9 Å². The van der Waals surface area contributed by atoms with Crippen LogP contribution in [0.25, 0.3) is 0 Å². The van der Waals surface area contributed by atoms with Crippen molar-refractivity contribution < 1.29 is 23.5 Å². The van der Waals surface area contributed by atoms with Crippen LogP contribution in [0.3, 0.4) is 0 Å². The molecule has 1 atom stereocenters. The standard InChI is InChI=1S/C22H20ClNO5/c1-15(20-3-2-12-27-20)24-21(25)14-29-22(26)17-6-4-16(5-7-17)13-28-19-10-8-18(23)9-11-19/h2-12,15H,13-14H2,1H3,(H,24,25)/t15-/m0/s1. The highest BCUT2D eigenvalue weighted by Crippen LogP contribution is 2.17. The molecule has 1 amide bonds.